The molecule has 0 bridgehead atoms. The number of aryl methyl sites for hydroxylation is 1. The summed E-state index contributed by atoms with van der Waals surface area (Å²) in [5.74, 6) is -0.776. The molecule has 1 spiro atoms. The van der Waals surface area contributed by atoms with Crippen LogP contribution in [0.5, 0.6) is 0 Å². The molecule has 3 aliphatic rings. The molecule has 0 radical (unpaired) electrons. The summed E-state index contributed by atoms with van der Waals surface area (Å²) in [6.07, 6.45) is 5.50. The molecular formula is C28H39FN6O4Si. The summed E-state index contributed by atoms with van der Waals surface area (Å²) in [5.41, 5.74) is 0.780. The zero-order valence-corrected chi connectivity index (χ0v) is 24.4. The number of hydrogen-bond donors (Lipinski definition) is 3. The van der Waals surface area contributed by atoms with Crippen LogP contribution in [0, 0.1) is 5.92 Å². The average Bonchev–Trinajstić information content (AvgIpc) is 3.68. The molecule has 2 amide bonds. The molecule has 5 atom stereocenters. The first-order valence-corrected chi connectivity index (χ1v) is 17.0. The number of halogens is 1. The SMILES string of the molecule is C=CCN1C(=O)[C@]2(O[C@H](CCn3cc(CCO)nn3)[C@@H]([Si](C)(C)F)[C@@H]2C)c2cc(NC(=O)[C@H]3CCCN3)ccc21. The summed E-state index contributed by atoms with van der Waals surface area (Å²) >= 11 is 0. The molecule has 1 aromatic carbocycles. The van der Waals surface area contributed by atoms with Crippen LogP contribution in [-0.2, 0) is 32.9 Å². The molecule has 2 aromatic rings. The molecule has 4 heterocycles. The zero-order valence-electron chi connectivity index (χ0n) is 23.4. The summed E-state index contributed by atoms with van der Waals surface area (Å²) in [5, 5.41) is 23.6. The van der Waals surface area contributed by atoms with Gasteiger partial charge in [0.05, 0.1) is 23.5 Å². The van der Waals surface area contributed by atoms with Crippen molar-refractivity contribution in [1.29, 1.82) is 0 Å². The topological polar surface area (TPSA) is 122 Å². The molecule has 0 unspecified atom stereocenters. The fourth-order valence-corrected chi connectivity index (χ4v) is 9.32. The van der Waals surface area contributed by atoms with Crippen LogP contribution in [0.4, 0.5) is 15.5 Å². The second-order valence-electron chi connectivity index (χ2n) is 11.6. The van der Waals surface area contributed by atoms with Crippen LogP contribution in [0.1, 0.15) is 37.4 Å². The van der Waals surface area contributed by atoms with E-state index in [9.17, 15) is 14.7 Å². The number of rotatable bonds is 10. The van der Waals surface area contributed by atoms with Gasteiger partial charge >= 0.3 is 0 Å². The third-order valence-electron chi connectivity index (χ3n) is 8.51. The highest BCUT2D eigenvalue weighted by Gasteiger charge is 2.66. The van der Waals surface area contributed by atoms with Gasteiger partial charge in [-0.05, 0) is 57.1 Å². The van der Waals surface area contributed by atoms with E-state index in [1.54, 1.807) is 41.0 Å². The highest BCUT2D eigenvalue weighted by Crippen LogP contribution is 2.60. The van der Waals surface area contributed by atoms with E-state index < -0.39 is 31.6 Å². The minimum absolute atomic E-state index is 0.0173. The number of nitrogens with zero attached hydrogens (tertiary/aromatic N) is 4. The maximum Gasteiger partial charge on any atom is 0.264 e. The molecule has 3 N–H and O–H groups in total. The Balaban J connectivity index is 1.49. The van der Waals surface area contributed by atoms with Gasteiger partial charge in [0.25, 0.3) is 5.91 Å². The van der Waals surface area contributed by atoms with Crippen LogP contribution >= 0.6 is 0 Å². The van der Waals surface area contributed by atoms with Crippen LogP contribution in [0.3, 0.4) is 0 Å². The van der Waals surface area contributed by atoms with Gasteiger partial charge in [-0.15, -0.1) is 11.7 Å². The van der Waals surface area contributed by atoms with E-state index in [1.165, 1.54) is 0 Å². The molecule has 5 rings (SSSR count). The third-order valence-corrected chi connectivity index (χ3v) is 11.0. The van der Waals surface area contributed by atoms with Gasteiger partial charge < -0.3 is 29.5 Å². The van der Waals surface area contributed by atoms with E-state index in [1.807, 2.05) is 19.1 Å². The van der Waals surface area contributed by atoms with Gasteiger partial charge in [-0.1, -0.05) is 18.2 Å². The quantitative estimate of drug-likeness (QED) is 0.228. The highest BCUT2D eigenvalue weighted by atomic mass is 28.4. The van der Waals surface area contributed by atoms with Crippen molar-refractivity contribution in [3.63, 3.8) is 0 Å². The first-order chi connectivity index (χ1) is 19.1. The lowest BCUT2D eigenvalue weighted by atomic mass is 9.82. The summed E-state index contributed by atoms with van der Waals surface area (Å²) < 4.78 is 24.5. The van der Waals surface area contributed by atoms with Crippen molar-refractivity contribution in [3.8, 4) is 0 Å². The fourth-order valence-electron chi connectivity index (χ4n) is 6.78. The fraction of sp³-hybridized carbons (Fsp3) is 0.571. The van der Waals surface area contributed by atoms with Crippen LogP contribution < -0.4 is 15.5 Å². The highest BCUT2D eigenvalue weighted by molar-refractivity contribution is 6.72. The van der Waals surface area contributed by atoms with Gasteiger partial charge in [0.1, 0.15) is 0 Å². The molecule has 216 valence electrons. The molecule has 3 aliphatic heterocycles. The molecular weight excluding hydrogens is 531 g/mol. The van der Waals surface area contributed by atoms with Crippen LogP contribution in [0.15, 0.2) is 37.1 Å². The summed E-state index contributed by atoms with van der Waals surface area (Å²) in [4.78, 5) is 28.7. The number of hydrogen-bond acceptors (Lipinski definition) is 7. The first kappa shape index (κ1) is 28.6. The number of nitrogens with one attached hydrogen (secondary N) is 2. The monoisotopic (exact) mass is 570 g/mol. The van der Waals surface area contributed by atoms with Gasteiger partial charge in [-0.2, -0.15) is 0 Å². The molecule has 2 saturated heterocycles. The second kappa shape index (κ2) is 11.2. The number of aliphatic hydroxyl groups is 1. The molecule has 1 aromatic heterocycles. The number of amides is 2. The second-order valence-corrected chi connectivity index (χ2v) is 15.4. The number of carbonyl (C=O) groups excluding carboxylic acids is 2. The van der Waals surface area contributed by atoms with Crippen molar-refractivity contribution >= 4 is 31.6 Å². The number of benzene rings is 1. The number of aromatic nitrogens is 3. The van der Waals surface area contributed by atoms with Crippen LogP contribution in [-0.4, -0.2) is 72.2 Å². The largest absolute Gasteiger partial charge is 0.396 e. The van der Waals surface area contributed by atoms with Gasteiger partial charge in [0.2, 0.25) is 14.3 Å². The molecule has 40 heavy (non-hydrogen) atoms. The lowest BCUT2D eigenvalue weighted by Gasteiger charge is -2.31. The number of carbonyl (C=O) groups is 2. The summed E-state index contributed by atoms with van der Waals surface area (Å²) in [6, 6.07) is 5.21. The number of anilines is 2. The van der Waals surface area contributed by atoms with Crippen LogP contribution in [0.25, 0.3) is 0 Å². The molecule has 0 aliphatic carbocycles. The Bertz CT molecular complexity index is 1280. The maximum absolute atomic E-state index is 16.0. The molecule has 12 heteroatoms. The number of ether oxygens (including phenoxy) is 1. The normalized spacial score (nSPS) is 27.9. The van der Waals surface area contributed by atoms with Crippen molar-refractivity contribution in [2.75, 3.05) is 29.9 Å². The van der Waals surface area contributed by atoms with Crippen molar-refractivity contribution in [2.24, 2.45) is 5.92 Å². The standard InChI is InChI=1S/C28H39FN6O4Si/c1-5-13-35-23-9-8-19(31-26(37)22-7-6-12-30-22)16-21(23)28(27(35)38)18(2)25(40(3,4)29)24(39-28)10-14-34-17-20(11-15-36)32-33-34/h5,8-9,16-18,22,24-25,30,36H,1,6-7,10-15H2,2-4H3,(H,31,37)/t18-,22+,24+,25-,28+/m0/s1. The third kappa shape index (κ3) is 5.02. The predicted molar refractivity (Wildman–Crippen MR) is 152 cm³/mol. The minimum Gasteiger partial charge on any atom is -0.396 e. The van der Waals surface area contributed by atoms with Gasteiger partial charge in [0, 0.05) is 55.0 Å². The average molecular weight is 571 g/mol. The van der Waals surface area contributed by atoms with E-state index in [4.69, 9.17) is 4.74 Å². The van der Waals surface area contributed by atoms with Crippen molar-refractivity contribution in [2.45, 2.75) is 75.5 Å². The maximum atomic E-state index is 16.0. The molecule has 0 saturated carbocycles. The Labute approximate surface area is 235 Å². The van der Waals surface area contributed by atoms with E-state index >= 15 is 4.11 Å². The van der Waals surface area contributed by atoms with E-state index in [2.05, 4.69) is 27.5 Å². The van der Waals surface area contributed by atoms with Gasteiger partial charge in [-0.3, -0.25) is 14.3 Å². The van der Waals surface area contributed by atoms with Gasteiger partial charge in [0.15, 0.2) is 5.60 Å². The van der Waals surface area contributed by atoms with Crippen molar-refractivity contribution < 1.29 is 23.5 Å². The van der Waals surface area contributed by atoms with E-state index in [-0.39, 0.29) is 24.5 Å². The summed E-state index contributed by atoms with van der Waals surface area (Å²) in [6.45, 7) is 10.6. The smallest absolute Gasteiger partial charge is 0.264 e. The lowest BCUT2D eigenvalue weighted by Crippen LogP contribution is -2.45. The number of aliphatic hydroxyl groups excluding tert-OH is 1. The molecule has 2 fully saturated rings. The van der Waals surface area contributed by atoms with E-state index in [0.29, 0.717) is 48.6 Å². The predicted octanol–water partition coefficient (Wildman–Crippen LogP) is 2.90. The number of fused-ring (bicyclic) bond motifs is 2. The zero-order chi connectivity index (χ0) is 28.7. The Morgan fingerprint density at radius 2 is 2.23 bits per heavy atom. The first-order valence-electron chi connectivity index (χ1n) is 14.1. The Morgan fingerprint density at radius 1 is 1.43 bits per heavy atom. The Hall–Kier alpha value is -2.93. The minimum atomic E-state index is -3.31. The summed E-state index contributed by atoms with van der Waals surface area (Å²) in [7, 11) is -3.31. The Kier molecular flexibility index (Phi) is 7.97. The lowest BCUT2D eigenvalue weighted by molar-refractivity contribution is -0.145. The molecule has 10 nitrogen and oxygen atoms in total. The Morgan fingerprint density at radius 3 is 2.90 bits per heavy atom. The van der Waals surface area contributed by atoms with Crippen molar-refractivity contribution in [1.82, 2.24) is 20.3 Å². The van der Waals surface area contributed by atoms with Crippen LogP contribution in [0.2, 0.25) is 18.6 Å². The van der Waals surface area contributed by atoms with Gasteiger partial charge in [-0.25, -0.2) is 0 Å². The van der Waals surface area contributed by atoms with Crippen molar-refractivity contribution in [3.05, 3.63) is 48.3 Å². The van der Waals surface area contributed by atoms with E-state index in [0.717, 1.165) is 19.4 Å².